The molecular formula is C17H16F5N3O3. The Morgan fingerprint density at radius 3 is 2.29 bits per heavy atom. The minimum absolute atomic E-state index is 0.0127. The Hall–Kier alpha value is -2.95. The number of hydrogen-bond acceptors (Lipinski definition) is 4. The van der Waals surface area contributed by atoms with E-state index in [0.717, 1.165) is 25.4 Å². The maximum atomic E-state index is 13.1. The van der Waals surface area contributed by atoms with Gasteiger partial charge in [-0.15, -0.1) is 0 Å². The predicted octanol–water partition coefficient (Wildman–Crippen LogP) is 3.93. The molecular weight excluding hydrogens is 389 g/mol. The zero-order chi connectivity index (χ0) is 21.1. The summed E-state index contributed by atoms with van der Waals surface area (Å²) >= 11 is 0. The van der Waals surface area contributed by atoms with Gasteiger partial charge in [-0.2, -0.15) is 13.2 Å². The molecule has 0 aliphatic heterocycles. The van der Waals surface area contributed by atoms with E-state index in [1.807, 2.05) is 0 Å². The van der Waals surface area contributed by atoms with Gasteiger partial charge >= 0.3 is 12.2 Å². The number of aromatic nitrogens is 1. The number of carbonyl (C=O) groups excluding carboxylic acids is 1. The first-order valence-electron chi connectivity index (χ1n) is 7.78. The predicted molar refractivity (Wildman–Crippen MR) is 89.0 cm³/mol. The molecule has 0 saturated carbocycles. The lowest BCUT2D eigenvalue weighted by atomic mass is 10.1. The van der Waals surface area contributed by atoms with Crippen molar-refractivity contribution in [3.63, 3.8) is 0 Å². The average molecular weight is 405 g/mol. The fourth-order valence-electron chi connectivity index (χ4n) is 2.07. The van der Waals surface area contributed by atoms with Gasteiger partial charge in [-0.1, -0.05) is 0 Å². The number of likely N-dealkylation sites (N-methyl/N-ethyl adjacent to an activating group) is 1. The summed E-state index contributed by atoms with van der Waals surface area (Å²) in [4.78, 5) is 16.4. The maximum Gasteiger partial charge on any atom is 0.418 e. The molecule has 0 spiro atoms. The average Bonchev–Trinajstić information content (AvgIpc) is 2.54. The second kappa shape index (κ2) is 7.97. The van der Waals surface area contributed by atoms with Crippen molar-refractivity contribution in [3.8, 4) is 11.5 Å². The van der Waals surface area contributed by atoms with Crippen LogP contribution in [0.1, 0.15) is 6.92 Å². The van der Waals surface area contributed by atoms with E-state index in [4.69, 9.17) is 4.74 Å². The molecule has 6 nitrogen and oxygen atoms in total. The summed E-state index contributed by atoms with van der Waals surface area (Å²) in [6.45, 7) is -0.439. The lowest BCUT2D eigenvalue weighted by Gasteiger charge is -2.30. The van der Waals surface area contributed by atoms with Gasteiger partial charge in [0, 0.05) is 25.2 Å². The Morgan fingerprint density at radius 1 is 1.18 bits per heavy atom. The van der Waals surface area contributed by atoms with Gasteiger partial charge in [0.2, 0.25) is 0 Å². The third-order valence-electron chi connectivity index (χ3n) is 3.55. The molecule has 0 saturated heterocycles. The summed E-state index contributed by atoms with van der Waals surface area (Å²) in [6.07, 6.45) is -3.76. The number of carbonyl (C=O) groups is 1. The van der Waals surface area contributed by atoms with E-state index < -0.39 is 36.0 Å². The van der Waals surface area contributed by atoms with Crippen LogP contribution in [0.25, 0.3) is 0 Å². The molecule has 1 aromatic carbocycles. The second-order valence-electron chi connectivity index (χ2n) is 6.14. The first-order chi connectivity index (χ1) is 12.9. The van der Waals surface area contributed by atoms with Gasteiger partial charge in [0.15, 0.2) is 5.60 Å². The molecule has 1 unspecified atom stereocenters. The second-order valence-corrected chi connectivity index (χ2v) is 6.14. The van der Waals surface area contributed by atoms with Gasteiger partial charge in [-0.3, -0.25) is 5.32 Å². The molecule has 0 bridgehead atoms. The zero-order valence-corrected chi connectivity index (χ0v) is 14.7. The number of ether oxygens (including phenoxy) is 1. The van der Waals surface area contributed by atoms with Crippen LogP contribution in [-0.4, -0.2) is 46.4 Å². The Kier molecular flexibility index (Phi) is 6.07. The van der Waals surface area contributed by atoms with Gasteiger partial charge in [0.1, 0.15) is 29.0 Å². The number of pyridine rings is 1. The summed E-state index contributed by atoms with van der Waals surface area (Å²) in [5.74, 6) is -1.67. The number of benzene rings is 1. The van der Waals surface area contributed by atoms with E-state index in [0.29, 0.717) is 17.9 Å². The van der Waals surface area contributed by atoms with E-state index in [1.54, 1.807) is 0 Å². The van der Waals surface area contributed by atoms with E-state index in [2.05, 4.69) is 10.3 Å². The fourth-order valence-corrected chi connectivity index (χ4v) is 2.07. The molecule has 0 aliphatic rings. The highest BCUT2D eigenvalue weighted by molar-refractivity contribution is 5.88. The minimum atomic E-state index is -4.91. The molecule has 2 amide bonds. The Morgan fingerprint density at radius 2 is 1.79 bits per heavy atom. The van der Waals surface area contributed by atoms with E-state index in [-0.39, 0.29) is 17.3 Å². The van der Waals surface area contributed by atoms with Crippen molar-refractivity contribution in [1.29, 1.82) is 0 Å². The third kappa shape index (κ3) is 5.52. The number of alkyl halides is 3. The van der Waals surface area contributed by atoms with Crippen molar-refractivity contribution in [2.75, 3.05) is 18.9 Å². The van der Waals surface area contributed by atoms with Crippen LogP contribution in [0.3, 0.4) is 0 Å². The largest absolute Gasteiger partial charge is 0.456 e. The molecule has 0 aliphatic carbocycles. The summed E-state index contributed by atoms with van der Waals surface area (Å²) in [7, 11) is 1.07. The van der Waals surface area contributed by atoms with Gasteiger partial charge in [-0.25, -0.2) is 18.6 Å². The van der Waals surface area contributed by atoms with Gasteiger partial charge in [-0.05, 0) is 19.1 Å². The molecule has 28 heavy (non-hydrogen) atoms. The third-order valence-corrected chi connectivity index (χ3v) is 3.55. The highest BCUT2D eigenvalue weighted by Crippen LogP contribution is 2.30. The standard InChI is InChI=1S/C17H16F5N3O3/c1-16(27,17(20,21)22)9-25(2)15(26)24-14-4-3-12(8-23-14)28-13-6-10(18)5-11(19)7-13/h3-8,27H,9H2,1-2H3,(H,23,24,26). The Labute approximate surface area is 156 Å². The van der Waals surface area contributed by atoms with Crippen molar-refractivity contribution < 1.29 is 36.6 Å². The van der Waals surface area contributed by atoms with Crippen LogP contribution in [-0.2, 0) is 0 Å². The van der Waals surface area contributed by atoms with Gasteiger partial charge < -0.3 is 14.7 Å². The van der Waals surface area contributed by atoms with Crippen LogP contribution in [0.2, 0.25) is 0 Å². The number of nitrogens with zero attached hydrogens (tertiary/aromatic N) is 2. The topological polar surface area (TPSA) is 74.7 Å². The van der Waals surface area contributed by atoms with Crippen molar-refractivity contribution in [1.82, 2.24) is 9.88 Å². The number of amides is 2. The van der Waals surface area contributed by atoms with Crippen molar-refractivity contribution in [3.05, 3.63) is 48.2 Å². The van der Waals surface area contributed by atoms with Crippen LogP contribution < -0.4 is 10.1 Å². The van der Waals surface area contributed by atoms with Crippen molar-refractivity contribution in [2.45, 2.75) is 18.7 Å². The van der Waals surface area contributed by atoms with Crippen LogP contribution in [0.4, 0.5) is 32.6 Å². The number of rotatable bonds is 5. The highest BCUT2D eigenvalue weighted by atomic mass is 19.4. The summed E-state index contributed by atoms with van der Waals surface area (Å²) in [6, 6.07) is 4.27. The molecule has 1 heterocycles. The number of aliphatic hydroxyl groups is 1. The number of nitrogens with one attached hydrogen (secondary N) is 1. The van der Waals surface area contributed by atoms with E-state index in [9.17, 15) is 31.9 Å². The normalized spacial score (nSPS) is 13.6. The Balaban J connectivity index is 1.99. The molecule has 152 valence electrons. The molecule has 11 heteroatoms. The monoisotopic (exact) mass is 405 g/mol. The first kappa shape index (κ1) is 21.4. The van der Waals surface area contributed by atoms with Crippen LogP contribution >= 0.6 is 0 Å². The molecule has 2 rings (SSSR count). The lowest BCUT2D eigenvalue weighted by molar-refractivity contribution is -0.254. The molecule has 0 fully saturated rings. The van der Waals surface area contributed by atoms with E-state index >= 15 is 0 Å². The minimum Gasteiger partial charge on any atom is -0.456 e. The van der Waals surface area contributed by atoms with E-state index in [1.165, 1.54) is 12.1 Å². The van der Waals surface area contributed by atoms with Gasteiger partial charge in [0.25, 0.3) is 0 Å². The first-order valence-corrected chi connectivity index (χ1v) is 7.78. The lowest BCUT2D eigenvalue weighted by Crippen LogP contribution is -2.52. The quantitative estimate of drug-likeness (QED) is 0.740. The van der Waals surface area contributed by atoms with Crippen LogP contribution in [0.15, 0.2) is 36.5 Å². The Bertz CT molecular complexity index is 821. The number of halogens is 5. The number of anilines is 1. The molecule has 1 atom stereocenters. The molecule has 2 aromatic rings. The molecule has 0 radical (unpaired) electrons. The zero-order valence-electron chi connectivity index (χ0n) is 14.7. The van der Waals surface area contributed by atoms with Gasteiger partial charge in [0.05, 0.1) is 12.7 Å². The summed E-state index contributed by atoms with van der Waals surface area (Å²) in [5, 5.41) is 11.7. The van der Waals surface area contributed by atoms with Crippen molar-refractivity contribution >= 4 is 11.8 Å². The van der Waals surface area contributed by atoms with Crippen LogP contribution in [0.5, 0.6) is 11.5 Å². The maximum absolute atomic E-state index is 13.1. The van der Waals surface area contributed by atoms with Crippen LogP contribution in [0, 0.1) is 11.6 Å². The molecule has 2 N–H and O–H groups in total. The van der Waals surface area contributed by atoms with Crippen molar-refractivity contribution in [2.24, 2.45) is 0 Å². The molecule has 1 aromatic heterocycles. The highest BCUT2D eigenvalue weighted by Gasteiger charge is 2.50. The number of urea groups is 1. The number of hydrogen-bond donors (Lipinski definition) is 2. The fraction of sp³-hybridized carbons (Fsp3) is 0.294. The summed E-state index contributed by atoms with van der Waals surface area (Å²) < 4.78 is 69.5. The summed E-state index contributed by atoms with van der Waals surface area (Å²) in [5.41, 5.74) is -3.08. The SMILES string of the molecule is CN(CC(C)(O)C(F)(F)F)C(=O)Nc1ccc(Oc2cc(F)cc(F)c2)cn1. The smallest absolute Gasteiger partial charge is 0.418 e.